The van der Waals surface area contributed by atoms with Crippen molar-refractivity contribution in [2.75, 3.05) is 18.6 Å². The quantitative estimate of drug-likeness (QED) is 0.507. The summed E-state index contributed by atoms with van der Waals surface area (Å²) in [6, 6.07) is -0.647. The Hall–Kier alpha value is -1.32. The number of aryl methyl sites for hydroxylation is 1. The molecule has 1 aromatic rings. The van der Waals surface area contributed by atoms with Crippen LogP contribution >= 0.6 is 22.6 Å². The molecular formula is C18H33IN4O3. The third-order valence-corrected chi connectivity index (χ3v) is 3.97. The van der Waals surface area contributed by atoms with Crippen LogP contribution < -0.4 is 5.32 Å². The predicted molar refractivity (Wildman–Crippen MR) is 112 cm³/mol. The predicted octanol–water partition coefficient (Wildman–Crippen LogP) is 3.84. The molecule has 1 aliphatic heterocycles. The molecule has 0 radical (unpaired) electrons. The van der Waals surface area contributed by atoms with E-state index in [1.54, 1.807) is 11.1 Å². The third kappa shape index (κ3) is 6.77. The Morgan fingerprint density at radius 3 is 2.46 bits per heavy atom. The van der Waals surface area contributed by atoms with Gasteiger partial charge in [0.25, 0.3) is 0 Å². The molecule has 1 aliphatic rings. The first-order chi connectivity index (χ1) is 12.4. The van der Waals surface area contributed by atoms with Crippen molar-refractivity contribution in [2.24, 2.45) is 5.92 Å². The summed E-state index contributed by atoms with van der Waals surface area (Å²) in [7, 11) is 1.29. The number of rotatable bonds is 4. The van der Waals surface area contributed by atoms with Crippen molar-refractivity contribution in [3.63, 3.8) is 0 Å². The molecule has 26 heavy (non-hydrogen) atoms. The topological polar surface area (TPSA) is 87.3 Å². The molecule has 0 saturated carbocycles. The Labute approximate surface area is 170 Å². The highest BCUT2D eigenvalue weighted by atomic mass is 127. The van der Waals surface area contributed by atoms with Crippen molar-refractivity contribution in [1.29, 1.82) is 0 Å². The SMILES string of the molecule is CC.CI.COC(=O)NC(C(=O)N1CCCC1c1ncc(C)[nH]1)C(C)C. The number of amides is 2. The number of carbonyl (C=O) groups is 2. The lowest BCUT2D eigenvalue weighted by molar-refractivity contribution is -0.135. The Balaban J connectivity index is 0.00000146. The molecule has 1 fully saturated rings. The average molecular weight is 480 g/mol. The van der Waals surface area contributed by atoms with Crippen LogP contribution in [-0.2, 0) is 9.53 Å². The van der Waals surface area contributed by atoms with Gasteiger partial charge in [0.15, 0.2) is 0 Å². The summed E-state index contributed by atoms with van der Waals surface area (Å²) in [6.07, 6.45) is 2.99. The van der Waals surface area contributed by atoms with Gasteiger partial charge in [-0.05, 0) is 30.6 Å². The number of hydrogen-bond donors (Lipinski definition) is 2. The van der Waals surface area contributed by atoms with Crippen LogP contribution in [0.15, 0.2) is 6.20 Å². The van der Waals surface area contributed by atoms with Crippen LogP contribution in [0.3, 0.4) is 0 Å². The number of H-pyrrole nitrogens is 1. The van der Waals surface area contributed by atoms with Gasteiger partial charge >= 0.3 is 6.09 Å². The molecule has 2 heterocycles. The van der Waals surface area contributed by atoms with Crippen LogP contribution in [0.5, 0.6) is 0 Å². The largest absolute Gasteiger partial charge is 0.453 e. The maximum absolute atomic E-state index is 12.8. The van der Waals surface area contributed by atoms with E-state index in [4.69, 9.17) is 0 Å². The van der Waals surface area contributed by atoms with E-state index in [0.717, 1.165) is 24.4 Å². The number of imidazole rings is 1. The summed E-state index contributed by atoms with van der Waals surface area (Å²) in [4.78, 5) is 35.7. The second kappa shape index (κ2) is 12.9. The zero-order valence-electron chi connectivity index (χ0n) is 16.9. The molecule has 1 aromatic heterocycles. The van der Waals surface area contributed by atoms with Gasteiger partial charge < -0.3 is 19.9 Å². The summed E-state index contributed by atoms with van der Waals surface area (Å²) in [5.74, 6) is 0.701. The second-order valence-electron chi connectivity index (χ2n) is 6.00. The first kappa shape index (κ1) is 24.7. The Morgan fingerprint density at radius 1 is 1.38 bits per heavy atom. The number of alkyl halides is 1. The molecule has 0 aliphatic carbocycles. The lowest BCUT2D eigenvalue weighted by atomic mass is 10.0. The Morgan fingerprint density at radius 2 is 2.00 bits per heavy atom. The van der Waals surface area contributed by atoms with Crippen LogP contribution in [-0.4, -0.2) is 51.5 Å². The molecule has 2 amide bonds. The minimum Gasteiger partial charge on any atom is -0.453 e. The maximum Gasteiger partial charge on any atom is 0.407 e. The van der Waals surface area contributed by atoms with E-state index in [1.807, 2.05) is 39.5 Å². The Kier molecular flexibility index (Phi) is 12.3. The highest BCUT2D eigenvalue weighted by Crippen LogP contribution is 2.31. The molecule has 0 bridgehead atoms. The molecule has 2 unspecified atom stereocenters. The van der Waals surface area contributed by atoms with Crippen molar-refractivity contribution < 1.29 is 14.3 Å². The highest BCUT2D eigenvalue weighted by Gasteiger charge is 2.37. The van der Waals surface area contributed by atoms with Crippen molar-refractivity contribution >= 4 is 34.6 Å². The average Bonchev–Trinajstić information content (AvgIpc) is 3.30. The van der Waals surface area contributed by atoms with E-state index in [-0.39, 0.29) is 17.9 Å². The molecule has 8 heteroatoms. The van der Waals surface area contributed by atoms with Crippen LogP contribution in [0.1, 0.15) is 58.1 Å². The molecule has 2 N–H and O–H groups in total. The second-order valence-corrected chi connectivity index (χ2v) is 6.00. The van der Waals surface area contributed by atoms with E-state index in [2.05, 4.69) is 42.6 Å². The standard InChI is InChI=1S/C15H24N4O3.C2H6.CH3I/c1-9(2)12(18-15(21)22-4)14(20)19-7-5-6-11(19)13-16-8-10(3)17-13;2*1-2/h8-9,11-12H,5-7H2,1-4H3,(H,16,17)(H,18,21);1-2H3;1H3. The molecule has 150 valence electrons. The van der Waals surface area contributed by atoms with Crippen LogP contribution in [0.25, 0.3) is 0 Å². The summed E-state index contributed by atoms with van der Waals surface area (Å²) >= 11 is 2.15. The first-order valence-electron chi connectivity index (χ1n) is 8.98. The number of aromatic amines is 1. The van der Waals surface area contributed by atoms with E-state index in [9.17, 15) is 9.59 Å². The third-order valence-electron chi connectivity index (χ3n) is 3.97. The molecule has 2 atom stereocenters. The summed E-state index contributed by atoms with van der Waals surface area (Å²) < 4.78 is 4.62. The number of methoxy groups -OCH3 is 1. The molecule has 2 rings (SSSR count). The Bertz CT molecular complexity index is 548. The monoisotopic (exact) mass is 480 g/mol. The zero-order chi connectivity index (χ0) is 20.3. The lowest BCUT2D eigenvalue weighted by Crippen LogP contribution is -2.51. The zero-order valence-corrected chi connectivity index (χ0v) is 19.1. The summed E-state index contributed by atoms with van der Waals surface area (Å²) in [5, 5.41) is 2.64. The van der Waals surface area contributed by atoms with Gasteiger partial charge in [-0.1, -0.05) is 50.3 Å². The van der Waals surface area contributed by atoms with Crippen LogP contribution in [0.4, 0.5) is 4.79 Å². The van der Waals surface area contributed by atoms with Gasteiger partial charge in [0.1, 0.15) is 11.9 Å². The van der Waals surface area contributed by atoms with E-state index >= 15 is 0 Å². The van der Waals surface area contributed by atoms with Gasteiger partial charge in [-0.2, -0.15) is 0 Å². The number of alkyl carbamates (subject to hydrolysis) is 1. The van der Waals surface area contributed by atoms with Gasteiger partial charge in [0.05, 0.1) is 13.2 Å². The van der Waals surface area contributed by atoms with Gasteiger partial charge in [-0.25, -0.2) is 9.78 Å². The van der Waals surface area contributed by atoms with Crippen LogP contribution in [0.2, 0.25) is 0 Å². The van der Waals surface area contributed by atoms with Crippen molar-refractivity contribution in [3.05, 3.63) is 17.7 Å². The molecular weight excluding hydrogens is 447 g/mol. The first-order valence-corrected chi connectivity index (χ1v) is 11.1. The number of carbonyl (C=O) groups excluding carboxylic acids is 2. The highest BCUT2D eigenvalue weighted by molar-refractivity contribution is 14.1. The fourth-order valence-corrected chi connectivity index (χ4v) is 2.80. The van der Waals surface area contributed by atoms with Gasteiger partial charge in [-0.15, -0.1) is 0 Å². The van der Waals surface area contributed by atoms with Crippen molar-refractivity contribution in [3.8, 4) is 0 Å². The van der Waals surface area contributed by atoms with E-state index in [1.165, 1.54) is 7.11 Å². The fourth-order valence-electron chi connectivity index (χ4n) is 2.80. The van der Waals surface area contributed by atoms with E-state index in [0.29, 0.717) is 6.54 Å². The van der Waals surface area contributed by atoms with Gasteiger partial charge in [0.2, 0.25) is 5.91 Å². The fraction of sp³-hybridized carbons (Fsp3) is 0.722. The number of aromatic nitrogens is 2. The number of nitrogens with zero attached hydrogens (tertiary/aromatic N) is 2. The maximum atomic E-state index is 12.8. The van der Waals surface area contributed by atoms with Crippen LogP contribution in [0, 0.1) is 12.8 Å². The summed E-state index contributed by atoms with van der Waals surface area (Å²) in [6.45, 7) is 10.4. The normalized spacial score (nSPS) is 16.8. The molecule has 7 nitrogen and oxygen atoms in total. The number of likely N-dealkylation sites (tertiary alicyclic amines) is 1. The summed E-state index contributed by atoms with van der Waals surface area (Å²) in [5.41, 5.74) is 0.974. The number of hydrogen-bond acceptors (Lipinski definition) is 4. The minimum atomic E-state index is -0.593. The van der Waals surface area contributed by atoms with Crippen molar-refractivity contribution in [1.82, 2.24) is 20.2 Å². The minimum absolute atomic E-state index is 0.0220. The molecule has 1 saturated heterocycles. The number of ether oxygens (including phenoxy) is 1. The molecule has 0 aromatic carbocycles. The van der Waals surface area contributed by atoms with Gasteiger partial charge in [-0.3, -0.25) is 4.79 Å². The number of nitrogens with one attached hydrogen (secondary N) is 2. The van der Waals surface area contributed by atoms with E-state index < -0.39 is 12.1 Å². The van der Waals surface area contributed by atoms with Crippen molar-refractivity contribution in [2.45, 2.75) is 59.5 Å². The lowest BCUT2D eigenvalue weighted by Gasteiger charge is -2.29. The van der Waals surface area contributed by atoms with Gasteiger partial charge in [0, 0.05) is 18.4 Å². The molecule has 0 spiro atoms. The number of halogens is 1. The smallest absolute Gasteiger partial charge is 0.407 e.